The third-order valence-electron chi connectivity index (χ3n) is 3.35. The monoisotopic (exact) mass is 320 g/mol. The van der Waals surface area contributed by atoms with Crippen molar-refractivity contribution in [1.82, 2.24) is 10.6 Å². The number of amides is 2. The molecule has 0 aliphatic rings. The molecule has 3 N–H and O–H groups in total. The Morgan fingerprint density at radius 2 is 1.74 bits per heavy atom. The summed E-state index contributed by atoms with van der Waals surface area (Å²) in [5, 5.41) is 15.0. The number of benzene rings is 2. The number of aliphatic hydroxyl groups excluding tert-OH is 1. The van der Waals surface area contributed by atoms with Gasteiger partial charge in [-0.15, -0.1) is 0 Å². The lowest BCUT2D eigenvalue weighted by Gasteiger charge is -2.13. The summed E-state index contributed by atoms with van der Waals surface area (Å²) in [5.74, 6) is -0.693. The molecular formula is C17H18F2N2O2. The van der Waals surface area contributed by atoms with Gasteiger partial charge < -0.3 is 15.7 Å². The minimum atomic E-state index is -0.923. The Hall–Kier alpha value is -2.47. The highest BCUT2D eigenvalue weighted by molar-refractivity contribution is 5.73. The topological polar surface area (TPSA) is 61.4 Å². The van der Waals surface area contributed by atoms with Gasteiger partial charge in [-0.3, -0.25) is 0 Å². The van der Waals surface area contributed by atoms with Crippen molar-refractivity contribution in [2.24, 2.45) is 0 Å². The molecule has 0 saturated carbocycles. The molecule has 0 heterocycles. The number of aliphatic hydroxyl groups is 1. The van der Waals surface area contributed by atoms with Crippen LogP contribution < -0.4 is 10.6 Å². The van der Waals surface area contributed by atoms with Crippen LogP contribution in [0.5, 0.6) is 0 Å². The molecule has 0 aliphatic heterocycles. The molecule has 2 amide bonds. The Morgan fingerprint density at radius 1 is 1.04 bits per heavy atom. The van der Waals surface area contributed by atoms with E-state index in [9.17, 15) is 18.7 Å². The fraction of sp³-hybridized carbons (Fsp3) is 0.235. The third kappa shape index (κ3) is 5.34. The molecule has 23 heavy (non-hydrogen) atoms. The van der Waals surface area contributed by atoms with Crippen LogP contribution in [-0.2, 0) is 6.42 Å². The molecule has 0 spiro atoms. The number of hydrogen-bond acceptors (Lipinski definition) is 2. The molecule has 0 fully saturated rings. The number of halogens is 2. The third-order valence-corrected chi connectivity index (χ3v) is 3.35. The zero-order chi connectivity index (χ0) is 16.7. The molecule has 2 aromatic carbocycles. The highest BCUT2D eigenvalue weighted by atomic mass is 19.1. The number of hydrogen-bond donors (Lipinski definition) is 3. The maximum absolute atomic E-state index is 13.4. The van der Waals surface area contributed by atoms with Gasteiger partial charge in [0, 0.05) is 13.1 Å². The summed E-state index contributed by atoms with van der Waals surface area (Å²) < 4.78 is 26.2. The summed E-state index contributed by atoms with van der Waals surface area (Å²) in [5.41, 5.74) is 1.04. The first-order valence-electron chi connectivity index (χ1n) is 7.25. The van der Waals surface area contributed by atoms with Crippen molar-refractivity contribution in [3.05, 3.63) is 71.3 Å². The highest BCUT2D eigenvalue weighted by Crippen LogP contribution is 2.12. The van der Waals surface area contributed by atoms with Crippen molar-refractivity contribution < 1.29 is 18.7 Å². The molecule has 1 atom stereocenters. The molecule has 1 unspecified atom stereocenters. The van der Waals surface area contributed by atoms with Crippen LogP contribution >= 0.6 is 0 Å². The highest BCUT2D eigenvalue weighted by Gasteiger charge is 2.09. The molecule has 0 aromatic heterocycles. The number of carbonyl (C=O) groups excluding carboxylic acids is 1. The summed E-state index contributed by atoms with van der Waals surface area (Å²) >= 11 is 0. The molecule has 122 valence electrons. The van der Waals surface area contributed by atoms with E-state index < -0.39 is 12.1 Å². The van der Waals surface area contributed by atoms with Crippen LogP contribution in [0.25, 0.3) is 0 Å². The van der Waals surface area contributed by atoms with E-state index in [-0.39, 0.29) is 24.7 Å². The Labute approximate surface area is 133 Å². The summed E-state index contributed by atoms with van der Waals surface area (Å²) in [4.78, 5) is 11.6. The van der Waals surface area contributed by atoms with Crippen molar-refractivity contribution in [1.29, 1.82) is 0 Å². The molecule has 4 nitrogen and oxygen atoms in total. The van der Waals surface area contributed by atoms with Gasteiger partial charge in [0.15, 0.2) is 0 Å². The molecular weight excluding hydrogens is 302 g/mol. The number of rotatable bonds is 6. The summed E-state index contributed by atoms with van der Waals surface area (Å²) in [6, 6.07) is 11.3. The fourth-order valence-corrected chi connectivity index (χ4v) is 2.07. The molecule has 0 radical (unpaired) electrons. The van der Waals surface area contributed by atoms with Gasteiger partial charge in [0.1, 0.15) is 11.6 Å². The Bertz CT molecular complexity index is 647. The largest absolute Gasteiger partial charge is 0.387 e. The van der Waals surface area contributed by atoms with Crippen LogP contribution in [0.2, 0.25) is 0 Å². The first-order valence-corrected chi connectivity index (χ1v) is 7.25. The van der Waals surface area contributed by atoms with Crippen LogP contribution in [-0.4, -0.2) is 24.2 Å². The van der Waals surface area contributed by atoms with Crippen molar-refractivity contribution in [3.63, 3.8) is 0 Å². The van der Waals surface area contributed by atoms with Gasteiger partial charge in [0.25, 0.3) is 0 Å². The molecule has 0 bridgehead atoms. The molecule has 2 rings (SSSR count). The maximum Gasteiger partial charge on any atom is 0.314 e. The molecule has 6 heteroatoms. The zero-order valence-corrected chi connectivity index (χ0v) is 12.4. The van der Waals surface area contributed by atoms with E-state index in [1.807, 2.05) is 0 Å². The normalized spacial score (nSPS) is 11.8. The lowest BCUT2D eigenvalue weighted by Crippen LogP contribution is -2.38. The summed E-state index contributed by atoms with van der Waals surface area (Å²) in [6.07, 6.45) is -0.548. The molecule has 0 saturated heterocycles. The maximum atomic E-state index is 13.4. The van der Waals surface area contributed by atoms with Gasteiger partial charge in [-0.1, -0.05) is 30.3 Å². The van der Waals surface area contributed by atoms with E-state index in [4.69, 9.17) is 0 Å². The fourth-order valence-electron chi connectivity index (χ4n) is 2.07. The van der Waals surface area contributed by atoms with E-state index in [0.29, 0.717) is 17.5 Å². The first-order chi connectivity index (χ1) is 11.1. The SMILES string of the molecule is O=C(NCCc1ccccc1F)NCC(O)c1ccc(F)cc1. The van der Waals surface area contributed by atoms with Crippen molar-refractivity contribution in [2.75, 3.05) is 13.1 Å². The second kappa shape index (κ2) is 8.24. The van der Waals surface area contributed by atoms with Gasteiger partial charge in [0.05, 0.1) is 6.10 Å². The van der Waals surface area contributed by atoms with Gasteiger partial charge in [-0.25, -0.2) is 13.6 Å². The minimum Gasteiger partial charge on any atom is -0.387 e. The quantitative estimate of drug-likeness (QED) is 0.766. The smallest absolute Gasteiger partial charge is 0.314 e. The van der Waals surface area contributed by atoms with Gasteiger partial charge in [-0.05, 0) is 35.7 Å². The predicted molar refractivity (Wildman–Crippen MR) is 82.9 cm³/mol. The van der Waals surface area contributed by atoms with Crippen LogP contribution in [0.3, 0.4) is 0 Å². The van der Waals surface area contributed by atoms with Crippen molar-refractivity contribution >= 4 is 6.03 Å². The van der Waals surface area contributed by atoms with Crippen LogP contribution in [0.1, 0.15) is 17.2 Å². The lowest BCUT2D eigenvalue weighted by atomic mass is 10.1. The van der Waals surface area contributed by atoms with Crippen LogP contribution in [0.4, 0.5) is 13.6 Å². The average Bonchev–Trinajstić information content (AvgIpc) is 2.55. The Morgan fingerprint density at radius 3 is 2.43 bits per heavy atom. The predicted octanol–water partition coefficient (Wildman–Crippen LogP) is 2.54. The standard InChI is InChI=1S/C17H18F2N2O2/c18-14-7-5-13(6-8-14)16(22)11-21-17(23)20-10-9-12-3-1-2-4-15(12)19/h1-8,16,22H,9-11H2,(H2,20,21,23). The van der Waals surface area contributed by atoms with Gasteiger partial charge in [-0.2, -0.15) is 0 Å². The second-order valence-corrected chi connectivity index (χ2v) is 5.05. The zero-order valence-electron chi connectivity index (χ0n) is 12.4. The van der Waals surface area contributed by atoms with Gasteiger partial charge >= 0.3 is 6.03 Å². The molecule has 0 aliphatic carbocycles. The van der Waals surface area contributed by atoms with Crippen molar-refractivity contribution in [2.45, 2.75) is 12.5 Å². The van der Waals surface area contributed by atoms with E-state index in [0.717, 1.165) is 0 Å². The lowest BCUT2D eigenvalue weighted by molar-refractivity contribution is 0.173. The van der Waals surface area contributed by atoms with E-state index in [1.165, 1.54) is 30.3 Å². The Balaban J connectivity index is 1.71. The average molecular weight is 320 g/mol. The minimum absolute atomic E-state index is 0.00281. The van der Waals surface area contributed by atoms with Crippen LogP contribution in [0, 0.1) is 11.6 Å². The summed E-state index contributed by atoms with van der Waals surface area (Å²) in [7, 11) is 0. The van der Waals surface area contributed by atoms with E-state index in [2.05, 4.69) is 10.6 Å². The van der Waals surface area contributed by atoms with Crippen molar-refractivity contribution in [3.8, 4) is 0 Å². The Kier molecular flexibility index (Phi) is 6.05. The second-order valence-electron chi connectivity index (χ2n) is 5.05. The number of urea groups is 1. The number of carbonyl (C=O) groups is 1. The van der Waals surface area contributed by atoms with E-state index >= 15 is 0 Å². The number of nitrogens with one attached hydrogen (secondary N) is 2. The van der Waals surface area contributed by atoms with Crippen LogP contribution in [0.15, 0.2) is 48.5 Å². The molecule has 2 aromatic rings. The van der Waals surface area contributed by atoms with Gasteiger partial charge in [0.2, 0.25) is 0 Å². The van der Waals surface area contributed by atoms with E-state index in [1.54, 1.807) is 18.2 Å². The first kappa shape index (κ1) is 16.9. The summed E-state index contributed by atoms with van der Waals surface area (Å²) in [6.45, 7) is 0.274.